The Kier molecular flexibility index (Phi) is 9.20. The SMILES string of the molecule is CSCc1ccc2c(c1)nc(C(F)F)n2-c1cc(CC[C@@H](C)C2CCC(C(N)=O)CC2)nc(N2CCOCC2)n1. The van der Waals surface area contributed by atoms with Crippen LogP contribution >= 0.6 is 11.8 Å². The highest BCUT2D eigenvalue weighted by Gasteiger charge is 2.28. The monoisotopic (exact) mass is 572 g/mol. The van der Waals surface area contributed by atoms with Gasteiger partial charge in [0.2, 0.25) is 11.9 Å². The molecular weight excluding hydrogens is 534 g/mol. The number of primary amides is 1. The van der Waals surface area contributed by atoms with Gasteiger partial charge >= 0.3 is 0 Å². The van der Waals surface area contributed by atoms with Crippen LogP contribution in [0.3, 0.4) is 0 Å². The number of hydrogen-bond donors (Lipinski definition) is 1. The second kappa shape index (κ2) is 12.8. The van der Waals surface area contributed by atoms with Gasteiger partial charge in [0.1, 0.15) is 5.82 Å². The summed E-state index contributed by atoms with van der Waals surface area (Å²) >= 11 is 1.68. The van der Waals surface area contributed by atoms with E-state index in [9.17, 15) is 13.6 Å². The Morgan fingerprint density at radius 3 is 2.55 bits per heavy atom. The number of imidazole rings is 1. The van der Waals surface area contributed by atoms with Crippen LogP contribution < -0.4 is 10.6 Å². The van der Waals surface area contributed by atoms with Gasteiger partial charge in [0.25, 0.3) is 6.43 Å². The number of fused-ring (bicyclic) bond motifs is 1. The van der Waals surface area contributed by atoms with Gasteiger partial charge in [-0.3, -0.25) is 9.36 Å². The Labute approximate surface area is 238 Å². The van der Waals surface area contributed by atoms with Crippen molar-refractivity contribution in [1.82, 2.24) is 19.5 Å². The molecule has 216 valence electrons. The number of carbonyl (C=O) groups is 1. The van der Waals surface area contributed by atoms with E-state index >= 15 is 0 Å². The zero-order valence-corrected chi connectivity index (χ0v) is 24.0. The minimum Gasteiger partial charge on any atom is -0.378 e. The van der Waals surface area contributed by atoms with Crippen LogP contribution in [-0.4, -0.2) is 58.0 Å². The summed E-state index contributed by atoms with van der Waals surface area (Å²) in [7, 11) is 0. The number of hydrogen-bond acceptors (Lipinski definition) is 7. The number of aromatic nitrogens is 4. The van der Waals surface area contributed by atoms with Crippen LogP contribution in [0.4, 0.5) is 14.7 Å². The molecule has 8 nitrogen and oxygen atoms in total. The summed E-state index contributed by atoms with van der Waals surface area (Å²) in [6.45, 7) is 4.69. The molecule has 0 bridgehead atoms. The molecule has 0 radical (unpaired) electrons. The van der Waals surface area contributed by atoms with Crippen molar-refractivity contribution in [1.29, 1.82) is 0 Å². The van der Waals surface area contributed by atoms with Crippen molar-refractivity contribution in [2.45, 2.75) is 57.6 Å². The molecule has 2 fully saturated rings. The molecule has 2 aromatic heterocycles. The zero-order chi connectivity index (χ0) is 28.2. The number of amides is 1. The number of morpholine rings is 1. The van der Waals surface area contributed by atoms with E-state index in [4.69, 9.17) is 20.4 Å². The van der Waals surface area contributed by atoms with E-state index in [0.717, 1.165) is 49.1 Å². The number of thioether (sulfide) groups is 1. The van der Waals surface area contributed by atoms with E-state index in [1.54, 1.807) is 11.8 Å². The molecule has 1 atom stereocenters. The van der Waals surface area contributed by atoms with Crippen LogP contribution in [0.25, 0.3) is 16.9 Å². The molecule has 1 amide bonds. The number of carbonyl (C=O) groups excluding carboxylic acids is 1. The molecular formula is C29H38F2N6O2S. The summed E-state index contributed by atoms with van der Waals surface area (Å²) in [6, 6.07) is 7.55. The number of benzene rings is 1. The highest BCUT2D eigenvalue weighted by atomic mass is 32.2. The first-order valence-corrected chi connectivity index (χ1v) is 15.5. The number of nitrogens with two attached hydrogens (primary N) is 1. The lowest BCUT2D eigenvalue weighted by Crippen LogP contribution is -2.37. The Balaban J connectivity index is 1.45. The van der Waals surface area contributed by atoms with Gasteiger partial charge in [-0.2, -0.15) is 16.7 Å². The highest BCUT2D eigenvalue weighted by Crippen LogP contribution is 2.35. The maximum Gasteiger partial charge on any atom is 0.296 e. The van der Waals surface area contributed by atoms with Gasteiger partial charge < -0.3 is 15.4 Å². The Hall–Kier alpha value is -2.79. The van der Waals surface area contributed by atoms with Gasteiger partial charge in [-0.1, -0.05) is 13.0 Å². The van der Waals surface area contributed by atoms with E-state index in [2.05, 4.69) is 16.8 Å². The van der Waals surface area contributed by atoms with Crippen LogP contribution in [0.2, 0.25) is 0 Å². The molecule has 0 spiro atoms. The molecule has 40 heavy (non-hydrogen) atoms. The quantitative estimate of drug-likeness (QED) is 0.351. The van der Waals surface area contributed by atoms with Crippen LogP contribution in [-0.2, 0) is 21.7 Å². The second-order valence-electron chi connectivity index (χ2n) is 11.0. The molecule has 2 aliphatic rings. The van der Waals surface area contributed by atoms with Crippen molar-refractivity contribution in [3.8, 4) is 5.82 Å². The van der Waals surface area contributed by atoms with Crippen LogP contribution in [0.5, 0.6) is 0 Å². The number of nitrogens with zero attached hydrogens (tertiary/aromatic N) is 5. The average molecular weight is 573 g/mol. The molecule has 2 N–H and O–H groups in total. The third-order valence-electron chi connectivity index (χ3n) is 8.36. The third-order valence-corrected chi connectivity index (χ3v) is 8.98. The largest absolute Gasteiger partial charge is 0.378 e. The van der Waals surface area contributed by atoms with Gasteiger partial charge in [0.15, 0.2) is 5.82 Å². The summed E-state index contributed by atoms with van der Waals surface area (Å²) in [5.74, 6) is 2.21. The third kappa shape index (κ3) is 6.40. The topological polar surface area (TPSA) is 99.2 Å². The van der Waals surface area contributed by atoms with Gasteiger partial charge in [-0.15, -0.1) is 0 Å². The van der Waals surface area contributed by atoms with Crippen LogP contribution in [0, 0.1) is 17.8 Å². The normalized spacial score (nSPS) is 20.8. The second-order valence-corrected chi connectivity index (χ2v) is 11.9. The molecule has 5 rings (SSSR count). The van der Waals surface area contributed by atoms with Crippen molar-refractivity contribution >= 4 is 34.7 Å². The summed E-state index contributed by atoms with van der Waals surface area (Å²) in [6.07, 6.45) is 4.58. The summed E-state index contributed by atoms with van der Waals surface area (Å²) in [5.41, 5.74) is 8.53. The van der Waals surface area contributed by atoms with Crippen molar-refractivity contribution in [3.05, 3.63) is 41.3 Å². The van der Waals surface area contributed by atoms with E-state index in [0.29, 0.717) is 67.4 Å². The van der Waals surface area contributed by atoms with Crippen molar-refractivity contribution in [2.24, 2.45) is 23.5 Å². The Morgan fingerprint density at radius 2 is 1.88 bits per heavy atom. The van der Waals surface area contributed by atoms with Gasteiger partial charge in [0, 0.05) is 36.5 Å². The molecule has 1 aliphatic carbocycles. The lowest BCUT2D eigenvalue weighted by Gasteiger charge is -2.31. The molecule has 1 saturated heterocycles. The Bertz CT molecular complexity index is 1320. The number of aryl methyl sites for hydroxylation is 1. The lowest BCUT2D eigenvalue weighted by atomic mass is 9.75. The van der Waals surface area contributed by atoms with Crippen molar-refractivity contribution < 1.29 is 18.3 Å². The molecule has 1 saturated carbocycles. The first-order chi connectivity index (χ1) is 19.3. The number of rotatable bonds is 10. The smallest absolute Gasteiger partial charge is 0.296 e. The maximum absolute atomic E-state index is 14.3. The molecule has 3 heterocycles. The molecule has 3 aromatic rings. The number of alkyl halides is 2. The van der Waals surface area contributed by atoms with E-state index in [1.807, 2.05) is 30.5 Å². The number of halogens is 2. The average Bonchev–Trinajstić information content (AvgIpc) is 3.36. The predicted octanol–water partition coefficient (Wildman–Crippen LogP) is 5.31. The molecule has 1 aromatic carbocycles. The van der Waals surface area contributed by atoms with E-state index < -0.39 is 6.43 Å². The zero-order valence-electron chi connectivity index (χ0n) is 23.2. The van der Waals surface area contributed by atoms with E-state index in [1.165, 1.54) is 4.57 Å². The highest BCUT2D eigenvalue weighted by molar-refractivity contribution is 7.97. The Morgan fingerprint density at radius 1 is 1.12 bits per heavy atom. The first-order valence-electron chi connectivity index (χ1n) is 14.1. The minimum atomic E-state index is -2.75. The minimum absolute atomic E-state index is 0.00482. The molecule has 11 heteroatoms. The molecule has 1 aliphatic heterocycles. The van der Waals surface area contributed by atoms with Gasteiger partial charge in [-0.05, 0) is 74.3 Å². The fourth-order valence-corrected chi connectivity index (χ4v) is 6.50. The predicted molar refractivity (Wildman–Crippen MR) is 154 cm³/mol. The number of ether oxygens (including phenoxy) is 1. The van der Waals surface area contributed by atoms with Gasteiger partial charge in [0.05, 0.1) is 24.2 Å². The van der Waals surface area contributed by atoms with Crippen molar-refractivity contribution in [2.75, 3.05) is 37.5 Å². The fraction of sp³-hybridized carbons (Fsp3) is 0.586. The fourth-order valence-electron chi connectivity index (χ4n) is 5.99. The summed E-state index contributed by atoms with van der Waals surface area (Å²) in [5, 5.41) is 0. The van der Waals surface area contributed by atoms with Crippen LogP contribution in [0.15, 0.2) is 24.3 Å². The van der Waals surface area contributed by atoms with Crippen LogP contribution in [0.1, 0.15) is 62.5 Å². The summed E-state index contributed by atoms with van der Waals surface area (Å²) in [4.78, 5) is 27.6. The molecule has 0 unspecified atom stereocenters. The number of anilines is 1. The summed E-state index contributed by atoms with van der Waals surface area (Å²) < 4.78 is 35.6. The van der Waals surface area contributed by atoms with E-state index in [-0.39, 0.29) is 17.6 Å². The first kappa shape index (κ1) is 28.7. The maximum atomic E-state index is 14.3. The lowest BCUT2D eigenvalue weighted by molar-refractivity contribution is -0.123. The van der Waals surface area contributed by atoms with Crippen molar-refractivity contribution in [3.63, 3.8) is 0 Å². The van der Waals surface area contributed by atoms with Gasteiger partial charge in [-0.25, -0.2) is 18.7 Å². The standard InChI is InChI=1S/C29H38F2N6O2S/c1-18(20-5-7-21(8-6-20)27(32)38)3-9-22-16-25(35-29(33-22)36-11-13-39-14-12-36)37-24-10-4-19(17-40-2)15-23(24)34-28(37)26(30)31/h4,10,15-16,18,20-21,26H,3,5-9,11-14,17H2,1-2H3,(H2,32,38)/t18-,20?,21?/m1/s1.